The quantitative estimate of drug-likeness (QED) is 0.911. The smallest absolute Gasteiger partial charge is 0.160 e. The largest absolute Gasteiger partial charge is 0.379 e. The van der Waals surface area contributed by atoms with Crippen LogP contribution >= 0.6 is 0 Å². The van der Waals surface area contributed by atoms with Gasteiger partial charge in [-0.25, -0.2) is 8.78 Å². The van der Waals surface area contributed by atoms with E-state index in [2.05, 4.69) is 10.4 Å². The molecule has 0 atom stereocenters. The zero-order valence-corrected chi connectivity index (χ0v) is 11.9. The molecule has 0 unspecified atom stereocenters. The van der Waals surface area contributed by atoms with Gasteiger partial charge in [0.1, 0.15) is 0 Å². The molecule has 21 heavy (non-hydrogen) atoms. The summed E-state index contributed by atoms with van der Waals surface area (Å²) in [7, 11) is 0. The van der Waals surface area contributed by atoms with Gasteiger partial charge in [-0.15, -0.1) is 0 Å². The Bertz CT molecular complexity index is 603. The van der Waals surface area contributed by atoms with Crippen LogP contribution < -0.4 is 5.32 Å². The number of hydrogen-bond acceptors (Lipinski definition) is 2. The molecule has 1 aliphatic rings. The molecule has 0 amide bonds. The summed E-state index contributed by atoms with van der Waals surface area (Å²) in [5, 5.41) is 7.64. The Labute approximate surface area is 123 Å². The van der Waals surface area contributed by atoms with Crippen molar-refractivity contribution in [3.8, 4) is 0 Å². The standard InChI is InChI=1S/C16H19F2N3/c17-15-7-6-12(10-16(15)18)19-11-13-8-9-21(20-13)14-4-2-1-3-5-14/h6-10,14,19H,1-5,11H2. The van der Waals surface area contributed by atoms with E-state index < -0.39 is 11.6 Å². The number of rotatable bonds is 4. The van der Waals surface area contributed by atoms with Crippen LogP contribution in [0.5, 0.6) is 0 Å². The van der Waals surface area contributed by atoms with E-state index in [4.69, 9.17) is 0 Å². The lowest BCUT2D eigenvalue weighted by molar-refractivity contribution is 0.328. The van der Waals surface area contributed by atoms with Gasteiger partial charge in [-0.05, 0) is 31.0 Å². The fourth-order valence-electron chi connectivity index (χ4n) is 2.82. The number of anilines is 1. The molecule has 1 fully saturated rings. The number of benzene rings is 1. The summed E-state index contributed by atoms with van der Waals surface area (Å²) in [6.45, 7) is 0.505. The topological polar surface area (TPSA) is 29.9 Å². The second kappa shape index (κ2) is 6.24. The summed E-state index contributed by atoms with van der Waals surface area (Å²) in [5.74, 6) is -1.67. The fraction of sp³-hybridized carbons (Fsp3) is 0.438. The molecule has 112 valence electrons. The predicted molar refractivity (Wildman–Crippen MR) is 78.0 cm³/mol. The summed E-state index contributed by atoms with van der Waals surface area (Å²) in [6.07, 6.45) is 8.26. The average molecular weight is 291 g/mol. The molecule has 0 aliphatic heterocycles. The van der Waals surface area contributed by atoms with E-state index in [0.717, 1.165) is 17.8 Å². The van der Waals surface area contributed by atoms with Gasteiger partial charge in [0.2, 0.25) is 0 Å². The number of nitrogens with zero attached hydrogens (tertiary/aromatic N) is 2. The normalized spacial score (nSPS) is 16.1. The third-order valence-corrected chi connectivity index (χ3v) is 4.01. The molecule has 1 heterocycles. The molecular weight excluding hydrogens is 272 g/mol. The van der Waals surface area contributed by atoms with Crippen LogP contribution in [0, 0.1) is 11.6 Å². The van der Waals surface area contributed by atoms with Crippen molar-refractivity contribution in [3.63, 3.8) is 0 Å². The van der Waals surface area contributed by atoms with Crippen LogP contribution in [0.4, 0.5) is 14.5 Å². The Morgan fingerprint density at radius 1 is 1.10 bits per heavy atom. The van der Waals surface area contributed by atoms with Crippen molar-refractivity contribution in [2.45, 2.75) is 44.7 Å². The van der Waals surface area contributed by atoms with Crippen LogP contribution in [0.1, 0.15) is 43.8 Å². The molecule has 1 aromatic carbocycles. The predicted octanol–water partition coefficient (Wildman–Crippen LogP) is 4.28. The van der Waals surface area contributed by atoms with E-state index in [0.29, 0.717) is 18.3 Å². The molecule has 2 aromatic rings. The maximum Gasteiger partial charge on any atom is 0.160 e. The summed E-state index contributed by atoms with van der Waals surface area (Å²) in [6, 6.07) is 6.29. The van der Waals surface area contributed by atoms with Gasteiger partial charge in [0.05, 0.1) is 18.3 Å². The Kier molecular flexibility index (Phi) is 4.18. The van der Waals surface area contributed by atoms with Crippen molar-refractivity contribution >= 4 is 5.69 Å². The van der Waals surface area contributed by atoms with Gasteiger partial charge in [0.25, 0.3) is 0 Å². The van der Waals surface area contributed by atoms with E-state index in [1.807, 2.05) is 16.9 Å². The molecule has 1 aromatic heterocycles. The maximum absolute atomic E-state index is 13.1. The second-order valence-electron chi connectivity index (χ2n) is 5.56. The second-order valence-corrected chi connectivity index (χ2v) is 5.56. The molecule has 0 saturated heterocycles. The minimum atomic E-state index is -0.840. The van der Waals surface area contributed by atoms with Crippen LogP contribution in [0.25, 0.3) is 0 Å². The highest BCUT2D eigenvalue weighted by Gasteiger charge is 2.15. The van der Waals surface area contributed by atoms with Crippen molar-refractivity contribution in [2.75, 3.05) is 5.32 Å². The van der Waals surface area contributed by atoms with Gasteiger partial charge in [0.15, 0.2) is 11.6 Å². The summed E-state index contributed by atoms with van der Waals surface area (Å²) < 4.78 is 28.0. The Morgan fingerprint density at radius 3 is 2.67 bits per heavy atom. The molecule has 3 nitrogen and oxygen atoms in total. The summed E-state index contributed by atoms with van der Waals surface area (Å²) in [5.41, 5.74) is 1.46. The van der Waals surface area contributed by atoms with Crippen molar-refractivity contribution in [2.24, 2.45) is 0 Å². The summed E-state index contributed by atoms with van der Waals surface area (Å²) >= 11 is 0. The highest BCUT2D eigenvalue weighted by molar-refractivity contribution is 5.43. The number of hydrogen-bond donors (Lipinski definition) is 1. The van der Waals surface area contributed by atoms with E-state index in [-0.39, 0.29) is 0 Å². The first-order valence-electron chi connectivity index (χ1n) is 7.45. The van der Waals surface area contributed by atoms with E-state index in [1.165, 1.54) is 38.2 Å². The fourth-order valence-corrected chi connectivity index (χ4v) is 2.82. The summed E-state index contributed by atoms with van der Waals surface area (Å²) in [4.78, 5) is 0. The Balaban J connectivity index is 1.60. The van der Waals surface area contributed by atoms with Gasteiger partial charge in [-0.1, -0.05) is 19.3 Å². The molecule has 3 rings (SSSR count). The third-order valence-electron chi connectivity index (χ3n) is 4.01. The zero-order chi connectivity index (χ0) is 14.7. The molecule has 1 N–H and O–H groups in total. The molecule has 1 saturated carbocycles. The molecule has 0 spiro atoms. The minimum absolute atomic E-state index is 0.505. The number of nitrogens with one attached hydrogen (secondary N) is 1. The van der Waals surface area contributed by atoms with Gasteiger partial charge in [0, 0.05) is 18.0 Å². The van der Waals surface area contributed by atoms with Crippen LogP contribution in [-0.4, -0.2) is 9.78 Å². The lowest BCUT2D eigenvalue weighted by Crippen LogP contribution is -2.13. The molecular formula is C16H19F2N3. The van der Waals surface area contributed by atoms with E-state index in [9.17, 15) is 8.78 Å². The lowest BCUT2D eigenvalue weighted by Gasteiger charge is -2.21. The van der Waals surface area contributed by atoms with Crippen LogP contribution in [0.2, 0.25) is 0 Å². The Morgan fingerprint density at radius 2 is 1.90 bits per heavy atom. The van der Waals surface area contributed by atoms with Gasteiger partial charge in [-0.3, -0.25) is 4.68 Å². The van der Waals surface area contributed by atoms with Gasteiger partial charge >= 0.3 is 0 Å². The Hall–Kier alpha value is -1.91. The SMILES string of the molecule is Fc1ccc(NCc2ccn(C3CCCCC3)n2)cc1F. The highest BCUT2D eigenvalue weighted by Crippen LogP contribution is 2.27. The maximum atomic E-state index is 13.1. The molecule has 0 bridgehead atoms. The first kappa shape index (κ1) is 14.0. The highest BCUT2D eigenvalue weighted by atomic mass is 19.2. The van der Waals surface area contributed by atoms with Gasteiger partial charge < -0.3 is 5.32 Å². The number of halogens is 2. The van der Waals surface area contributed by atoms with Crippen LogP contribution in [-0.2, 0) is 6.54 Å². The first-order chi connectivity index (χ1) is 10.2. The van der Waals surface area contributed by atoms with Crippen LogP contribution in [0.3, 0.4) is 0 Å². The van der Waals surface area contributed by atoms with Gasteiger partial charge in [-0.2, -0.15) is 5.10 Å². The molecule has 0 radical (unpaired) electrons. The molecule has 5 heteroatoms. The zero-order valence-electron chi connectivity index (χ0n) is 11.9. The van der Waals surface area contributed by atoms with Crippen molar-refractivity contribution in [1.29, 1.82) is 0 Å². The van der Waals surface area contributed by atoms with Crippen LogP contribution in [0.15, 0.2) is 30.5 Å². The van der Waals surface area contributed by atoms with E-state index >= 15 is 0 Å². The first-order valence-corrected chi connectivity index (χ1v) is 7.45. The van der Waals surface area contributed by atoms with E-state index in [1.54, 1.807) is 0 Å². The molecule has 1 aliphatic carbocycles. The average Bonchev–Trinajstić information content (AvgIpc) is 2.98. The lowest BCUT2D eigenvalue weighted by atomic mass is 9.96. The number of aromatic nitrogens is 2. The van der Waals surface area contributed by atoms with Crippen molar-refractivity contribution < 1.29 is 8.78 Å². The third kappa shape index (κ3) is 3.40. The van der Waals surface area contributed by atoms with Crippen molar-refractivity contribution in [3.05, 3.63) is 47.8 Å². The van der Waals surface area contributed by atoms with Crippen molar-refractivity contribution in [1.82, 2.24) is 9.78 Å². The monoisotopic (exact) mass is 291 g/mol. The minimum Gasteiger partial charge on any atom is -0.379 e.